The van der Waals surface area contributed by atoms with E-state index in [0.717, 1.165) is 0 Å². The van der Waals surface area contributed by atoms with Gasteiger partial charge in [-0.15, -0.1) is 0 Å². The average molecular weight is 197 g/mol. The molecule has 1 aromatic carbocycles. The minimum Gasteiger partial charge on any atom is -0.395 e. The van der Waals surface area contributed by atoms with E-state index in [1.807, 2.05) is 0 Å². The van der Waals surface area contributed by atoms with Crippen LogP contribution in [0.1, 0.15) is 15.9 Å². The van der Waals surface area contributed by atoms with Gasteiger partial charge < -0.3 is 10.4 Å². The number of aliphatic hydroxyl groups excluding tert-OH is 1. The number of benzene rings is 1. The first-order chi connectivity index (χ1) is 6.65. The monoisotopic (exact) mass is 197 g/mol. The number of amides is 1. The highest BCUT2D eigenvalue weighted by atomic mass is 19.1. The molecule has 2 N–H and O–H groups in total. The standard InChI is InChI=1S/C10H12FNO2/c1-7-6-8(11)2-3-9(7)10(14)12-4-5-13/h2-3,6,13H,4-5H2,1H3,(H,12,14). The molecule has 1 amide bonds. The summed E-state index contributed by atoms with van der Waals surface area (Å²) >= 11 is 0. The van der Waals surface area contributed by atoms with Crippen LogP contribution in [0.2, 0.25) is 0 Å². The summed E-state index contributed by atoms with van der Waals surface area (Å²) in [5, 5.41) is 11.0. The van der Waals surface area contributed by atoms with Crippen LogP contribution < -0.4 is 5.32 Å². The summed E-state index contributed by atoms with van der Waals surface area (Å²) in [5.74, 6) is -0.655. The Kier molecular flexibility index (Phi) is 3.59. The first kappa shape index (κ1) is 10.7. The van der Waals surface area contributed by atoms with Gasteiger partial charge in [0, 0.05) is 12.1 Å². The fraction of sp³-hybridized carbons (Fsp3) is 0.300. The second-order valence-electron chi connectivity index (χ2n) is 2.94. The van der Waals surface area contributed by atoms with Crippen LogP contribution in [-0.4, -0.2) is 24.2 Å². The Hall–Kier alpha value is -1.42. The van der Waals surface area contributed by atoms with Crippen LogP contribution in [0.3, 0.4) is 0 Å². The third-order valence-corrected chi connectivity index (χ3v) is 1.83. The van der Waals surface area contributed by atoms with Gasteiger partial charge in [-0.3, -0.25) is 4.79 Å². The maximum atomic E-state index is 12.7. The fourth-order valence-electron chi connectivity index (χ4n) is 1.15. The van der Waals surface area contributed by atoms with Crippen LogP contribution in [-0.2, 0) is 0 Å². The van der Waals surface area contributed by atoms with Crippen molar-refractivity contribution >= 4 is 5.91 Å². The lowest BCUT2D eigenvalue weighted by Crippen LogP contribution is -2.26. The molecule has 0 unspecified atom stereocenters. The number of aliphatic hydroxyl groups is 1. The van der Waals surface area contributed by atoms with Crippen LogP contribution in [0.25, 0.3) is 0 Å². The van der Waals surface area contributed by atoms with Crippen molar-refractivity contribution in [3.05, 3.63) is 35.1 Å². The Bertz CT molecular complexity index is 339. The number of hydrogen-bond donors (Lipinski definition) is 2. The van der Waals surface area contributed by atoms with Crippen LogP contribution >= 0.6 is 0 Å². The van der Waals surface area contributed by atoms with E-state index in [0.29, 0.717) is 11.1 Å². The summed E-state index contributed by atoms with van der Waals surface area (Å²) < 4.78 is 12.7. The molecule has 1 aromatic rings. The number of nitrogens with one attached hydrogen (secondary N) is 1. The molecule has 0 bridgehead atoms. The third-order valence-electron chi connectivity index (χ3n) is 1.83. The van der Waals surface area contributed by atoms with Gasteiger partial charge >= 0.3 is 0 Å². The van der Waals surface area contributed by atoms with Gasteiger partial charge in [0.15, 0.2) is 0 Å². The molecule has 0 radical (unpaired) electrons. The van der Waals surface area contributed by atoms with Crippen molar-refractivity contribution < 1.29 is 14.3 Å². The Morgan fingerprint density at radius 2 is 2.29 bits per heavy atom. The number of carbonyl (C=O) groups is 1. The zero-order valence-corrected chi connectivity index (χ0v) is 7.88. The Morgan fingerprint density at radius 3 is 2.86 bits per heavy atom. The second kappa shape index (κ2) is 4.72. The lowest BCUT2D eigenvalue weighted by atomic mass is 10.1. The minimum atomic E-state index is -0.360. The topological polar surface area (TPSA) is 49.3 Å². The quantitative estimate of drug-likeness (QED) is 0.755. The number of halogens is 1. The molecule has 76 valence electrons. The SMILES string of the molecule is Cc1cc(F)ccc1C(=O)NCCO. The van der Waals surface area contributed by atoms with Crippen molar-refractivity contribution in [2.24, 2.45) is 0 Å². The van der Waals surface area contributed by atoms with Crippen molar-refractivity contribution in [1.29, 1.82) is 0 Å². The molecule has 0 aromatic heterocycles. The van der Waals surface area contributed by atoms with E-state index >= 15 is 0 Å². The number of rotatable bonds is 3. The second-order valence-corrected chi connectivity index (χ2v) is 2.94. The summed E-state index contributed by atoms with van der Waals surface area (Å²) in [4.78, 5) is 11.4. The van der Waals surface area contributed by atoms with Crippen molar-refractivity contribution in [2.75, 3.05) is 13.2 Å². The molecule has 0 aliphatic heterocycles. The first-order valence-corrected chi connectivity index (χ1v) is 4.30. The van der Waals surface area contributed by atoms with Crippen LogP contribution in [0.15, 0.2) is 18.2 Å². The van der Waals surface area contributed by atoms with E-state index in [4.69, 9.17) is 5.11 Å². The summed E-state index contributed by atoms with van der Waals surface area (Å²) in [5.41, 5.74) is 1.01. The van der Waals surface area contributed by atoms with Gasteiger partial charge in [-0.25, -0.2) is 4.39 Å². The zero-order valence-electron chi connectivity index (χ0n) is 7.88. The number of hydrogen-bond acceptors (Lipinski definition) is 2. The van der Waals surface area contributed by atoms with Crippen LogP contribution in [0, 0.1) is 12.7 Å². The molecule has 14 heavy (non-hydrogen) atoms. The molecule has 0 saturated heterocycles. The zero-order chi connectivity index (χ0) is 10.6. The van der Waals surface area contributed by atoms with Crippen molar-refractivity contribution in [1.82, 2.24) is 5.32 Å². The van der Waals surface area contributed by atoms with E-state index in [2.05, 4.69) is 5.32 Å². The molecule has 0 saturated carbocycles. The Morgan fingerprint density at radius 1 is 1.57 bits per heavy atom. The van der Waals surface area contributed by atoms with Crippen LogP contribution in [0.4, 0.5) is 4.39 Å². The Balaban J connectivity index is 2.80. The van der Waals surface area contributed by atoms with E-state index in [-0.39, 0.29) is 24.9 Å². The van der Waals surface area contributed by atoms with Gasteiger partial charge in [-0.1, -0.05) is 0 Å². The number of carbonyl (C=O) groups excluding carboxylic acids is 1. The molecule has 1 rings (SSSR count). The van der Waals surface area contributed by atoms with Gasteiger partial charge in [0.1, 0.15) is 5.82 Å². The summed E-state index contributed by atoms with van der Waals surface area (Å²) in [6.07, 6.45) is 0. The molecule has 0 heterocycles. The molecule has 0 atom stereocenters. The smallest absolute Gasteiger partial charge is 0.251 e. The average Bonchev–Trinajstić information content (AvgIpc) is 2.14. The predicted octanol–water partition coefficient (Wildman–Crippen LogP) is 0.856. The molecule has 3 nitrogen and oxygen atoms in total. The minimum absolute atomic E-state index is 0.105. The molecule has 0 aliphatic carbocycles. The van der Waals surface area contributed by atoms with Crippen LogP contribution in [0.5, 0.6) is 0 Å². The van der Waals surface area contributed by atoms with Gasteiger partial charge in [-0.05, 0) is 30.7 Å². The van der Waals surface area contributed by atoms with Crippen molar-refractivity contribution in [3.63, 3.8) is 0 Å². The maximum Gasteiger partial charge on any atom is 0.251 e. The highest BCUT2D eigenvalue weighted by Crippen LogP contribution is 2.09. The van der Waals surface area contributed by atoms with Gasteiger partial charge in [0.05, 0.1) is 6.61 Å². The molecule has 0 aliphatic rings. The largest absolute Gasteiger partial charge is 0.395 e. The van der Waals surface area contributed by atoms with E-state index in [1.54, 1.807) is 6.92 Å². The molecule has 4 heteroatoms. The lowest BCUT2D eigenvalue weighted by molar-refractivity contribution is 0.0944. The molecular weight excluding hydrogens is 185 g/mol. The number of aryl methyl sites for hydroxylation is 1. The van der Waals surface area contributed by atoms with Crippen molar-refractivity contribution in [3.8, 4) is 0 Å². The Labute approximate surface area is 81.6 Å². The maximum absolute atomic E-state index is 12.7. The third kappa shape index (κ3) is 2.53. The predicted molar refractivity (Wildman–Crippen MR) is 50.6 cm³/mol. The normalized spacial score (nSPS) is 9.93. The molecule has 0 fully saturated rings. The van der Waals surface area contributed by atoms with Gasteiger partial charge in [0.2, 0.25) is 0 Å². The van der Waals surface area contributed by atoms with Gasteiger partial charge in [-0.2, -0.15) is 0 Å². The highest BCUT2D eigenvalue weighted by Gasteiger charge is 2.08. The highest BCUT2D eigenvalue weighted by molar-refractivity contribution is 5.95. The fourth-order valence-corrected chi connectivity index (χ4v) is 1.15. The van der Waals surface area contributed by atoms with E-state index < -0.39 is 0 Å². The molecular formula is C10H12FNO2. The van der Waals surface area contributed by atoms with E-state index in [1.165, 1.54) is 18.2 Å². The molecule has 0 spiro atoms. The summed E-state index contributed by atoms with van der Waals surface area (Å²) in [6.45, 7) is 1.76. The first-order valence-electron chi connectivity index (χ1n) is 4.30. The van der Waals surface area contributed by atoms with E-state index in [9.17, 15) is 9.18 Å². The van der Waals surface area contributed by atoms with Crippen molar-refractivity contribution in [2.45, 2.75) is 6.92 Å². The summed E-state index contributed by atoms with van der Waals surface area (Å²) in [7, 11) is 0. The lowest BCUT2D eigenvalue weighted by Gasteiger charge is -2.05. The summed E-state index contributed by atoms with van der Waals surface area (Å²) in [6, 6.07) is 3.96. The van der Waals surface area contributed by atoms with Gasteiger partial charge in [0.25, 0.3) is 5.91 Å².